The number of alkyl halides is 3. The first-order valence-electron chi connectivity index (χ1n) is 8.99. The predicted octanol–water partition coefficient (Wildman–Crippen LogP) is 1.36. The van der Waals surface area contributed by atoms with Gasteiger partial charge in [-0.15, -0.1) is 0 Å². The maximum atomic E-state index is 13.0. The van der Waals surface area contributed by atoms with E-state index in [0.717, 1.165) is 27.8 Å². The highest BCUT2D eigenvalue weighted by Gasteiger charge is 2.41. The third kappa shape index (κ3) is 3.93. The molecule has 1 aliphatic heterocycles. The van der Waals surface area contributed by atoms with Crippen molar-refractivity contribution in [2.75, 3.05) is 24.5 Å². The molecule has 1 atom stereocenters. The topological polar surface area (TPSA) is 137 Å². The van der Waals surface area contributed by atoms with Gasteiger partial charge < -0.3 is 10.0 Å². The number of rotatable bonds is 4. The number of hydrogen-bond acceptors (Lipinski definition) is 8. The van der Waals surface area contributed by atoms with E-state index in [9.17, 15) is 36.3 Å². The van der Waals surface area contributed by atoms with Crippen molar-refractivity contribution in [2.24, 2.45) is 0 Å². The number of aromatic amines is 1. The number of carbonyl (C=O) groups is 1. The lowest BCUT2D eigenvalue weighted by Gasteiger charge is -2.38. The number of nitrogens with zero attached hydrogens (tertiary/aromatic N) is 4. The molecule has 0 bridgehead atoms. The van der Waals surface area contributed by atoms with Crippen LogP contribution in [0.25, 0.3) is 10.2 Å². The van der Waals surface area contributed by atoms with E-state index in [-0.39, 0.29) is 25.2 Å². The van der Waals surface area contributed by atoms with Crippen LogP contribution in [0.2, 0.25) is 0 Å². The number of aromatic nitrogens is 3. The number of anilines is 1. The van der Waals surface area contributed by atoms with Gasteiger partial charge >= 0.3 is 12.1 Å². The van der Waals surface area contributed by atoms with Crippen molar-refractivity contribution in [1.29, 1.82) is 0 Å². The van der Waals surface area contributed by atoms with Crippen molar-refractivity contribution in [3.63, 3.8) is 0 Å². The fourth-order valence-corrected chi connectivity index (χ4v) is 5.82. The molecule has 15 heteroatoms. The van der Waals surface area contributed by atoms with Crippen LogP contribution >= 0.6 is 11.3 Å². The lowest BCUT2D eigenvalue weighted by atomic mass is 10.2. The molecular formula is C17H14F3N5O5S2. The van der Waals surface area contributed by atoms with Crippen LogP contribution in [-0.2, 0) is 21.0 Å². The first-order valence-corrected chi connectivity index (χ1v) is 11.3. The van der Waals surface area contributed by atoms with E-state index in [1.807, 2.05) is 0 Å². The molecule has 1 saturated heterocycles. The molecular weight excluding hydrogens is 475 g/mol. The van der Waals surface area contributed by atoms with Crippen molar-refractivity contribution >= 4 is 42.7 Å². The van der Waals surface area contributed by atoms with Crippen molar-refractivity contribution in [3.8, 4) is 0 Å². The van der Waals surface area contributed by atoms with E-state index < -0.39 is 44.2 Å². The van der Waals surface area contributed by atoms with E-state index in [4.69, 9.17) is 0 Å². The Bertz CT molecular complexity index is 1340. The van der Waals surface area contributed by atoms with Gasteiger partial charge in [0.2, 0.25) is 10.0 Å². The molecule has 0 amide bonds. The zero-order valence-corrected chi connectivity index (χ0v) is 17.5. The molecule has 0 spiro atoms. The molecule has 1 fully saturated rings. The molecule has 3 aromatic rings. The minimum atomic E-state index is -4.63. The highest BCUT2D eigenvalue weighted by Crippen LogP contribution is 2.32. The molecule has 0 unspecified atom stereocenters. The normalized spacial score (nSPS) is 18.2. The number of nitrogens with one attached hydrogen (secondary N) is 1. The van der Waals surface area contributed by atoms with Crippen LogP contribution in [0.1, 0.15) is 5.56 Å². The molecule has 10 nitrogen and oxygen atoms in total. The van der Waals surface area contributed by atoms with Gasteiger partial charge in [0, 0.05) is 19.6 Å². The second kappa shape index (κ2) is 7.83. The number of benzene rings is 1. The quantitative estimate of drug-likeness (QED) is 0.561. The third-order valence-electron chi connectivity index (χ3n) is 4.88. The number of thiazole rings is 1. The molecule has 0 aliphatic carbocycles. The Morgan fingerprint density at radius 3 is 2.50 bits per heavy atom. The number of hydrogen-bond donors (Lipinski definition) is 2. The first kappa shape index (κ1) is 22.2. The Hall–Kier alpha value is -3.04. The molecule has 2 aromatic heterocycles. The number of sulfonamides is 1. The molecule has 1 aromatic carbocycles. The maximum Gasteiger partial charge on any atom is 0.416 e. The standard InChI is InChI=1S/C17H14F3N5O5S2/c18-17(19,20)9-1-3-10(4-2-9)32(29,30)25-6-5-24(8-11(25)15(27)28)16-22-13-12(31-16)7-21-23-14(13)26/h1-4,7,11H,5-6,8H2,(H,23,26)(H,27,28)/t11-/m1/s1. The largest absolute Gasteiger partial charge is 0.480 e. The zero-order chi connectivity index (χ0) is 23.3. The summed E-state index contributed by atoms with van der Waals surface area (Å²) < 4.78 is 65.5. The van der Waals surface area contributed by atoms with Gasteiger partial charge in [-0.25, -0.2) is 18.5 Å². The van der Waals surface area contributed by atoms with E-state index >= 15 is 0 Å². The van der Waals surface area contributed by atoms with E-state index in [0.29, 0.717) is 22.0 Å². The SMILES string of the molecule is O=C(O)[C@H]1CN(c2nc3c(=O)[nH]ncc3s2)CCN1S(=O)(=O)c1ccc(C(F)(F)F)cc1. The van der Waals surface area contributed by atoms with Gasteiger partial charge in [-0.05, 0) is 24.3 Å². The predicted molar refractivity (Wildman–Crippen MR) is 107 cm³/mol. The summed E-state index contributed by atoms with van der Waals surface area (Å²) in [6, 6.07) is 1.35. The van der Waals surface area contributed by atoms with Crippen LogP contribution in [0.15, 0.2) is 40.2 Å². The van der Waals surface area contributed by atoms with E-state index in [2.05, 4.69) is 15.2 Å². The maximum absolute atomic E-state index is 13.0. The molecule has 3 heterocycles. The third-order valence-corrected chi connectivity index (χ3v) is 7.85. The van der Waals surface area contributed by atoms with Gasteiger partial charge in [0.1, 0.15) is 6.04 Å². The average molecular weight is 489 g/mol. The van der Waals surface area contributed by atoms with Gasteiger partial charge in [-0.3, -0.25) is 9.59 Å². The highest BCUT2D eigenvalue weighted by molar-refractivity contribution is 7.89. The summed E-state index contributed by atoms with van der Waals surface area (Å²) >= 11 is 1.11. The molecule has 4 rings (SSSR count). The van der Waals surface area contributed by atoms with Crippen molar-refractivity contribution in [3.05, 3.63) is 46.4 Å². The Kier molecular flexibility index (Phi) is 5.42. The number of aliphatic carboxylic acids is 1. The number of piperazine rings is 1. The lowest BCUT2D eigenvalue weighted by molar-refractivity contribution is -0.141. The van der Waals surface area contributed by atoms with Gasteiger partial charge in [-0.1, -0.05) is 11.3 Å². The van der Waals surface area contributed by atoms with Crippen LogP contribution < -0.4 is 10.5 Å². The fraction of sp³-hybridized carbons (Fsp3) is 0.294. The molecule has 1 aliphatic rings. The highest BCUT2D eigenvalue weighted by atomic mass is 32.2. The van der Waals surface area contributed by atoms with Crippen LogP contribution in [0.5, 0.6) is 0 Å². The molecule has 32 heavy (non-hydrogen) atoms. The van der Waals surface area contributed by atoms with Gasteiger partial charge in [0.15, 0.2) is 10.6 Å². The Morgan fingerprint density at radius 1 is 1.22 bits per heavy atom. The summed E-state index contributed by atoms with van der Waals surface area (Å²) in [4.78, 5) is 29.0. The summed E-state index contributed by atoms with van der Waals surface area (Å²) in [5.41, 5.74) is -1.40. The number of carboxylic acids is 1. The van der Waals surface area contributed by atoms with Crippen molar-refractivity contribution < 1.29 is 31.5 Å². The summed E-state index contributed by atoms with van der Waals surface area (Å²) in [7, 11) is -4.38. The number of fused-ring (bicyclic) bond motifs is 1. The fourth-order valence-electron chi connectivity index (χ4n) is 3.29. The van der Waals surface area contributed by atoms with E-state index in [1.165, 1.54) is 6.20 Å². The Labute approximate surface area is 182 Å². The number of halogens is 3. The monoisotopic (exact) mass is 489 g/mol. The van der Waals surface area contributed by atoms with Crippen LogP contribution in [0.4, 0.5) is 18.3 Å². The minimum absolute atomic E-state index is 0.0643. The summed E-state index contributed by atoms with van der Waals surface area (Å²) in [6.45, 7) is -0.444. The smallest absolute Gasteiger partial charge is 0.416 e. The zero-order valence-electron chi connectivity index (χ0n) is 15.9. The Morgan fingerprint density at radius 2 is 1.91 bits per heavy atom. The van der Waals surface area contributed by atoms with Gasteiger partial charge in [0.05, 0.1) is 21.4 Å². The van der Waals surface area contributed by atoms with E-state index in [1.54, 1.807) is 4.90 Å². The van der Waals surface area contributed by atoms with Gasteiger partial charge in [-0.2, -0.15) is 22.6 Å². The minimum Gasteiger partial charge on any atom is -0.480 e. The Balaban J connectivity index is 1.62. The summed E-state index contributed by atoms with van der Waals surface area (Å²) in [5, 5.41) is 15.9. The van der Waals surface area contributed by atoms with Gasteiger partial charge in [0.25, 0.3) is 5.56 Å². The lowest BCUT2D eigenvalue weighted by Crippen LogP contribution is -2.58. The van der Waals surface area contributed by atoms with Crippen LogP contribution in [-0.4, -0.2) is 64.7 Å². The van der Waals surface area contributed by atoms with Crippen molar-refractivity contribution in [2.45, 2.75) is 17.1 Å². The average Bonchev–Trinajstić information content (AvgIpc) is 3.18. The molecule has 0 radical (unpaired) electrons. The van der Waals surface area contributed by atoms with Crippen LogP contribution in [0, 0.1) is 0 Å². The second-order valence-electron chi connectivity index (χ2n) is 6.85. The second-order valence-corrected chi connectivity index (χ2v) is 9.75. The summed E-state index contributed by atoms with van der Waals surface area (Å²) in [5.74, 6) is -1.43. The molecule has 170 valence electrons. The number of H-pyrrole nitrogens is 1. The number of carboxylic acid groups (broad SMARTS) is 1. The molecule has 0 saturated carbocycles. The summed E-state index contributed by atoms with van der Waals surface area (Å²) in [6.07, 6.45) is -3.23. The first-order chi connectivity index (χ1) is 15.0. The van der Waals surface area contributed by atoms with Crippen LogP contribution in [0.3, 0.4) is 0 Å². The van der Waals surface area contributed by atoms with Crippen molar-refractivity contribution in [1.82, 2.24) is 19.5 Å². The molecule has 2 N–H and O–H groups in total.